The van der Waals surface area contributed by atoms with Gasteiger partial charge in [-0.2, -0.15) is 0 Å². The van der Waals surface area contributed by atoms with Gasteiger partial charge in [0.15, 0.2) is 0 Å². The normalized spacial score (nSPS) is 16.1. The van der Waals surface area contributed by atoms with Gasteiger partial charge in [-0.1, -0.05) is 48.4 Å². The predicted octanol–water partition coefficient (Wildman–Crippen LogP) is 4.00. The molecule has 3 atom stereocenters. The monoisotopic (exact) mass is 324 g/mol. The maximum absolute atomic E-state index is 10.2. The minimum atomic E-state index is -0.617. The number of aliphatic hydroxyl groups is 1. The van der Waals surface area contributed by atoms with Crippen molar-refractivity contribution in [3.63, 3.8) is 0 Å². The Morgan fingerprint density at radius 2 is 2.00 bits per heavy atom. The van der Waals surface area contributed by atoms with E-state index in [9.17, 15) is 5.11 Å². The van der Waals surface area contributed by atoms with Crippen LogP contribution in [0.1, 0.15) is 19.4 Å². The molecule has 1 aromatic carbocycles. The van der Waals surface area contributed by atoms with Crippen LogP contribution >= 0.6 is 11.6 Å². The molecule has 122 valence electrons. The second-order valence-electron chi connectivity index (χ2n) is 5.42. The van der Waals surface area contributed by atoms with Crippen LogP contribution in [0.5, 0.6) is 0 Å². The number of rotatable bonds is 9. The first-order valence-corrected chi connectivity index (χ1v) is 7.68. The van der Waals surface area contributed by atoms with E-state index in [1.807, 2.05) is 44.2 Å². The van der Waals surface area contributed by atoms with Gasteiger partial charge in [-0.15, -0.1) is 6.58 Å². The van der Waals surface area contributed by atoms with Gasteiger partial charge in [-0.05, 0) is 24.6 Å². The first-order valence-electron chi connectivity index (χ1n) is 7.30. The molecule has 1 aromatic rings. The van der Waals surface area contributed by atoms with Crippen molar-refractivity contribution in [2.24, 2.45) is 5.92 Å². The van der Waals surface area contributed by atoms with Gasteiger partial charge in [0.05, 0.1) is 19.3 Å². The third-order valence-corrected chi connectivity index (χ3v) is 3.69. The highest BCUT2D eigenvalue weighted by molar-refractivity contribution is 6.30. The van der Waals surface area contributed by atoms with Crippen LogP contribution in [0.3, 0.4) is 0 Å². The molecule has 1 rings (SSSR count). The van der Waals surface area contributed by atoms with E-state index in [1.165, 1.54) is 0 Å². The molecule has 0 saturated carbocycles. The molecule has 0 amide bonds. The van der Waals surface area contributed by atoms with Crippen LogP contribution in [-0.4, -0.2) is 31.0 Å². The van der Waals surface area contributed by atoms with E-state index in [0.29, 0.717) is 13.2 Å². The first kappa shape index (κ1) is 18.9. The standard InChI is InChI=1S/C18H25ClO3/c1-5-17(21-4)18(20)14(3)10-13(2)11-22-12-15-6-8-16(19)9-7-15/h5-10,14,17-18,20H,1,11-12H2,2-4H3/b13-10-/t14-,17?,18+/m1/s1. The van der Waals surface area contributed by atoms with E-state index in [4.69, 9.17) is 21.1 Å². The molecule has 0 radical (unpaired) electrons. The number of hydrogen-bond donors (Lipinski definition) is 1. The van der Waals surface area contributed by atoms with Crippen LogP contribution < -0.4 is 0 Å². The molecule has 0 aliphatic heterocycles. The largest absolute Gasteiger partial charge is 0.389 e. The van der Waals surface area contributed by atoms with E-state index in [-0.39, 0.29) is 12.0 Å². The Kier molecular flexibility index (Phi) is 8.43. The highest BCUT2D eigenvalue weighted by Gasteiger charge is 2.20. The van der Waals surface area contributed by atoms with Gasteiger partial charge in [0.25, 0.3) is 0 Å². The van der Waals surface area contributed by atoms with Gasteiger partial charge < -0.3 is 14.6 Å². The third-order valence-electron chi connectivity index (χ3n) is 3.44. The summed E-state index contributed by atoms with van der Waals surface area (Å²) in [5.74, 6) is -0.0397. The summed E-state index contributed by atoms with van der Waals surface area (Å²) < 4.78 is 10.8. The van der Waals surface area contributed by atoms with E-state index < -0.39 is 6.10 Å². The summed E-state index contributed by atoms with van der Waals surface area (Å²) in [5, 5.41) is 10.9. The summed E-state index contributed by atoms with van der Waals surface area (Å²) in [7, 11) is 1.56. The van der Waals surface area contributed by atoms with Crippen molar-refractivity contribution in [1.82, 2.24) is 0 Å². The Balaban J connectivity index is 2.44. The first-order chi connectivity index (χ1) is 10.5. The lowest BCUT2D eigenvalue weighted by Gasteiger charge is -2.22. The van der Waals surface area contributed by atoms with Crippen molar-refractivity contribution < 1.29 is 14.6 Å². The number of methoxy groups -OCH3 is 1. The lowest BCUT2D eigenvalue weighted by atomic mass is 9.97. The molecular weight excluding hydrogens is 300 g/mol. The van der Waals surface area contributed by atoms with E-state index in [0.717, 1.165) is 16.2 Å². The van der Waals surface area contributed by atoms with Crippen molar-refractivity contribution in [2.45, 2.75) is 32.7 Å². The van der Waals surface area contributed by atoms with Crippen molar-refractivity contribution in [2.75, 3.05) is 13.7 Å². The Morgan fingerprint density at radius 1 is 1.36 bits per heavy atom. The molecule has 0 aliphatic carbocycles. The zero-order valence-corrected chi connectivity index (χ0v) is 14.2. The number of benzene rings is 1. The highest BCUT2D eigenvalue weighted by Crippen LogP contribution is 2.15. The smallest absolute Gasteiger partial charge is 0.101 e. The number of aliphatic hydroxyl groups excluding tert-OH is 1. The summed E-state index contributed by atoms with van der Waals surface area (Å²) in [6, 6.07) is 7.59. The van der Waals surface area contributed by atoms with Gasteiger partial charge in [0.1, 0.15) is 6.10 Å². The lowest BCUT2D eigenvalue weighted by Crippen LogP contribution is -2.31. The van der Waals surface area contributed by atoms with Crippen molar-refractivity contribution in [1.29, 1.82) is 0 Å². The van der Waals surface area contributed by atoms with E-state index in [2.05, 4.69) is 6.58 Å². The Hall–Kier alpha value is -1.13. The summed E-state index contributed by atoms with van der Waals surface area (Å²) >= 11 is 5.84. The minimum absolute atomic E-state index is 0.0397. The number of halogens is 1. The molecule has 0 aromatic heterocycles. The third kappa shape index (κ3) is 6.32. The molecule has 22 heavy (non-hydrogen) atoms. The highest BCUT2D eigenvalue weighted by atomic mass is 35.5. The van der Waals surface area contributed by atoms with Crippen molar-refractivity contribution >= 4 is 11.6 Å². The summed E-state index contributed by atoms with van der Waals surface area (Å²) in [4.78, 5) is 0. The SMILES string of the molecule is C=CC(OC)[C@@H](O)[C@H](C)/C=C(/C)COCc1ccc(Cl)cc1. The zero-order chi connectivity index (χ0) is 16.5. The van der Waals surface area contributed by atoms with Gasteiger partial charge in [0, 0.05) is 18.1 Å². The van der Waals surface area contributed by atoms with Crippen LogP contribution in [0.4, 0.5) is 0 Å². The molecule has 4 heteroatoms. The summed E-state index contributed by atoms with van der Waals surface area (Å²) in [6.45, 7) is 8.65. The molecule has 0 saturated heterocycles. The molecule has 1 unspecified atom stereocenters. The van der Waals surface area contributed by atoms with E-state index >= 15 is 0 Å². The Labute approximate surface area is 138 Å². The fourth-order valence-corrected chi connectivity index (χ4v) is 2.31. The van der Waals surface area contributed by atoms with Crippen molar-refractivity contribution in [3.05, 3.63) is 59.2 Å². The summed E-state index contributed by atoms with van der Waals surface area (Å²) in [6.07, 6.45) is 2.63. The zero-order valence-electron chi connectivity index (χ0n) is 13.5. The molecule has 0 bridgehead atoms. The molecule has 0 fully saturated rings. The average molecular weight is 325 g/mol. The lowest BCUT2D eigenvalue weighted by molar-refractivity contribution is -0.00171. The predicted molar refractivity (Wildman–Crippen MR) is 91.0 cm³/mol. The van der Waals surface area contributed by atoms with Crippen LogP contribution in [0.15, 0.2) is 48.6 Å². The topological polar surface area (TPSA) is 38.7 Å². The van der Waals surface area contributed by atoms with Crippen LogP contribution in [0.2, 0.25) is 5.02 Å². The average Bonchev–Trinajstić information content (AvgIpc) is 2.50. The molecule has 0 aliphatic rings. The minimum Gasteiger partial charge on any atom is -0.389 e. The molecule has 0 heterocycles. The van der Waals surface area contributed by atoms with Crippen LogP contribution in [0, 0.1) is 5.92 Å². The second-order valence-corrected chi connectivity index (χ2v) is 5.85. The van der Waals surface area contributed by atoms with Gasteiger partial charge in [-0.3, -0.25) is 0 Å². The van der Waals surface area contributed by atoms with Gasteiger partial charge >= 0.3 is 0 Å². The fraction of sp³-hybridized carbons (Fsp3) is 0.444. The molecule has 3 nitrogen and oxygen atoms in total. The molecular formula is C18H25ClO3. The Bertz CT molecular complexity index is 482. The molecule has 1 N–H and O–H groups in total. The summed E-state index contributed by atoms with van der Waals surface area (Å²) in [5.41, 5.74) is 2.15. The number of ether oxygens (including phenoxy) is 2. The Morgan fingerprint density at radius 3 is 2.55 bits per heavy atom. The quantitative estimate of drug-likeness (QED) is 0.698. The maximum Gasteiger partial charge on any atom is 0.101 e. The number of hydrogen-bond acceptors (Lipinski definition) is 3. The second kappa shape index (κ2) is 9.80. The van der Waals surface area contributed by atoms with Gasteiger partial charge in [-0.25, -0.2) is 0 Å². The van der Waals surface area contributed by atoms with Crippen molar-refractivity contribution in [3.8, 4) is 0 Å². The van der Waals surface area contributed by atoms with E-state index in [1.54, 1.807) is 13.2 Å². The fourth-order valence-electron chi connectivity index (χ4n) is 2.18. The molecule has 0 spiro atoms. The van der Waals surface area contributed by atoms with Crippen LogP contribution in [0.25, 0.3) is 0 Å². The van der Waals surface area contributed by atoms with Crippen LogP contribution in [-0.2, 0) is 16.1 Å². The van der Waals surface area contributed by atoms with Gasteiger partial charge in [0.2, 0.25) is 0 Å². The maximum atomic E-state index is 10.2.